The van der Waals surface area contributed by atoms with E-state index in [9.17, 15) is 0 Å². The minimum Gasteiger partial charge on any atom is -0.370 e. The fourth-order valence-corrected chi connectivity index (χ4v) is 5.07. The van der Waals surface area contributed by atoms with Crippen molar-refractivity contribution >= 4 is 33.2 Å². The molecule has 0 bridgehead atoms. The molecular weight excluding hydrogens is 470 g/mol. The molecule has 0 saturated carbocycles. The minimum absolute atomic E-state index is 0.803. The molecular formula is C31H37N7. The van der Waals surface area contributed by atoms with Crippen LogP contribution in [0.15, 0.2) is 73.4 Å². The van der Waals surface area contributed by atoms with Crippen molar-refractivity contribution in [1.82, 2.24) is 30.5 Å². The number of piperidine rings is 1. The molecule has 0 aromatic carbocycles. The SMILES string of the molecule is C=C/C(=C\C(=C/C)c1ccc2[nH]nc(-c3cc4c(N5CCCCC5)cncc4[nH]3)c2n1)NC(=C)CCCC. The van der Waals surface area contributed by atoms with Crippen molar-refractivity contribution in [3.8, 4) is 11.4 Å². The van der Waals surface area contributed by atoms with Crippen molar-refractivity contribution in [2.24, 2.45) is 0 Å². The van der Waals surface area contributed by atoms with Crippen LogP contribution >= 0.6 is 0 Å². The maximum atomic E-state index is 5.04. The van der Waals surface area contributed by atoms with E-state index in [4.69, 9.17) is 4.98 Å². The normalized spacial score (nSPS) is 14.8. The van der Waals surface area contributed by atoms with Crippen LogP contribution in [0.1, 0.15) is 58.1 Å². The first-order valence-corrected chi connectivity index (χ1v) is 13.6. The first-order valence-electron chi connectivity index (χ1n) is 13.6. The summed E-state index contributed by atoms with van der Waals surface area (Å²) in [6, 6.07) is 6.24. The van der Waals surface area contributed by atoms with Gasteiger partial charge in [-0.25, -0.2) is 4.98 Å². The average Bonchev–Trinajstić information content (AvgIpc) is 3.58. The van der Waals surface area contributed by atoms with Crippen LogP contribution in [-0.2, 0) is 0 Å². The zero-order valence-electron chi connectivity index (χ0n) is 22.5. The summed E-state index contributed by atoms with van der Waals surface area (Å²) in [5.41, 5.74) is 9.42. The molecule has 0 atom stereocenters. The van der Waals surface area contributed by atoms with Crippen LogP contribution in [0, 0.1) is 0 Å². The quantitative estimate of drug-likeness (QED) is 0.197. The Kier molecular flexibility index (Phi) is 7.73. The smallest absolute Gasteiger partial charge is 0.135 e. The first kappa shape index (κ1) is 25.5. The van der Waals surface area contributed by atoms with Crippen molar-refractivity contribution in [1.29, 1.82) is 0 Å². The number of H-pyrrole nitrogens is 2. The molecule has 1 aliphatic rings. The number of allylic oxidation sites excluding steroid dienone is 5. The lowest BCUT2D eigenvalue weighted by Gasteiger charge is -2.28. The number of fused-ring (bicyclic) bond motifs is 2. The monoisotopic (exact) mass is 507 g/mol. The predicted octanol–water partition coefficient (Wildman–Crippen LogP) is 7.26. The molecule has 1 fully saturated rings. The lowest BCUT2D eigenvalue weighted by Crippen LogP contribution is -2.29. The van der Waals surface area contributed by atoms with E-state index in [0.717, 1.165) is 83.0 Å². The fraction of sp³-hybridized carbons (Fsp3) is 0.323. The van der Waals surface area contributed by atoms with Gasteiger partial charge in [0.05, 0.1) is 40.5 Å². The molecule has 3 N–H and O–H groups in total. The van der Waals surface area contributed by atoms with Crippen molar-refractivity contribution in [3.63, 3.8) is 0 Å². The van der Waals surface area contributed by atoms with Crippen molar-refractivity contribution in [3.05, 3.63) is 79.1 Å². The zero-order valence-corrected chi connectivity index (χ0v) is 22.5. The highest BCUT2D eigenvalue weighted by atomic mass is 15.1. The topological polar surface area (TPSA) is 85.5 Å². The molecule has 38 heavy (non-hydrogen) atoms. The molecule has 7 nitrogen and oxygen atoms in total. The summed E-state index contributed by atoms with van der Waals surface area (Å²) in [7, 11) is 0. The number of rotatable bonds is 10. The Bertz CT molecular complexity index is 1510. The summed E-state index contributed by atoms with van der Waals surface area (Å²) in [4.78, 5) is 15.5. The van der Waals surface area contributed by atoms with E-state index >= 15 is 0 Å². The first-order chi connectivity index (χ1) is 18.6. The van der Waals surface area contributed by atoms with Crippen LogP contribution in [-0.4, -0.2) is 38.2 Å². The summed E-state index contributed by atoms with van der Waals surface area (Å²) in [6.07, 6.45) is 16.8. The van der Waals surface area contributed by atoms with E-state index in [1.165, 1.54) is 30.3 Å². The molecule has 0 unspecified atom stereocenters. The molecule has 1 saturated heterocycles. The zero-order chi connectivity index (χ0) is 26.5. The molecule has 1 aliphatic heterocycles. The molecule has 4 aromatic rings. The molecule has 0 spiro atoms. The second-order valence-electron chi connectivity index (χ2n) is 9.90. The minimum atomic E-state index is 0.803. The Morgan fingerprint density at radius 1 is 1.16 bits per heavy atom. The second-order valence-corrected chi connectivity index (χ2v) is 9.90. The lowest BCUT2D eigenvalue weighted by molar-refractivity contribution is 0.578. The van der Waals surface area contributed by atoms with Crippen LogP contribution in [0.25, 0.3) is 38.9 Å². The maximum Gasteiger partial charge on any atom is 0.135 e. The van der Waals surface area contributed by atoms with E-state index in [2.05, 4.69) is 68.7 Å². The van der Waals surface area contributed by atoms with E-state index in [1.54, 1.807) is 0 Å². The van der Waals surface area contributed by atoms with Gasteiger partial charge in [0.15, 0.2) is 0 Å². The Labute approximate surface area is 224 Å². The maximum absolute atomic E-state index is 5.04. The molecule has 4 aromatic heterocycles. The molecule has 5 rings (SSSR count). The Morgan fingerprint density at radius 2 is 2.00 bits per heavy atom. The third kappa shape index (κ3) is 5.28. The number of anilines is 1. The van der Waals surface area contributed by atoms with Crippen LogP contribution in [0.4, 0.5) is 5.69 Å². The summed E-state index contributed by atoms with van der Waals surface area (Å²) >= 11 is 0. The van der Waals surface area contributed by atoms with Gasteiger partial charge in [-0.2, -0.15) is 5.10 Å². The molecule has 196 valence electrons. The van der Waals surface area contributed by atoms with Gasteiger partial charge in [0.2, 0.25) is 0 Å². The Hall–Kier alpha value is -4.13. The van der Waals surface area contributed by atoms with E-state index in [-0.39, 0.29) is 0 Å². The highest BCUT2D eigenvalue weighted by molar-refractivity contribution is 5.98. The molecule has 0 radical (unpaired) electrons. The molecule has 0 amide bonds. The van der Waals surface area contributed by atoms with Crippen molar-refractivity contribution < 1.29 is 0 Å². The number of hydrogen-bond donors (Lipinski definition) is 3. The number of nitrogens with one attached hydrogen (secondary N) is 3. The summed E-state index contributed by atoms with van der Waals surface area (Å²) in [6.45, 7) is 14.5. The number of nitrogens with zero attached hydrogens (tertiary/aromatic N) is 4. The van der Waals surface area contributed by atoms with Gasteiger partial charge in [0.1, 0.15) is 11.2 Å². The van der Waals surface area contributed by atoms with E-state index in [0.29, 0.717) is 0 Å². The third-order valence-corrected chi connectivity index (χ3v) is 7.18. The number of aromatic nitrogens is 5. The van der Waals surface area contributed by atoms with Gasteiger partial charge in [-0.3, -0.25) is 10.1 Å². The van der Waals surface area contributed by atoms with Gasteiger partial charge in [0.25, 0.3) is 0 Å². The van der Waals surface area contributed by atoms with E-state index < -0.39 is 0 Å². The van der Waals surface area contributed by atoms with Crippen LogP contribution < -0.4 is 10.2 Å². The third-order valence-electron chi connectivity index (χ3n) is 7.18. The Balaban J connectivity index is 1.48. The van der Waals surface area contributed by atoms with Crippen molar-refractivity contribution in [2.45, 2.75) is 52.4 Å². The predicted molar refractivity (Wildman–Crippen MR) is 159 cm³/mol. The van der Waals surface area contributed by atoms with Gasteiger partial charge >= 0.3 is 0 Å². The number of pyridine rings is 2. The summed E-state index contributed by atoms with van der Waals surface area (Å²) in [5, 5.41) is 12.4. The van der Waals surface area contributed by atoms with Crippen LogP contribution in [0.5, 0.6) is 0 Å². The molecule has 5 heterocycles. The van der Waals surface area contributed by atoms with Gasteiger partial charge in [-0.15, -0.1) is 0 Å². The lowest BCUT2D eigenvalue weighted by atomic mass is 10.1. The highest BCUT2D eigenvalue weighted by Gasteiger charge is 2.18. The Morgan fingerprint density at radius 3 is 2.76 bits per heavy atom. The number of hydrogen-bond acceptors (Lipinski definition) is 5. The highest BCUT2D eigenvalue weighted by Crippen LogP contribution is 2.33. The van der Waals surface area contributed by atoms with Gasteiger partial charge in [-0.1, -0.05) is 32.6 Å². The average molecular weight is 508 g/mol. The van der Waals surface area contributed by atoms with Crippen LogP contribution in [0.2, 0.25) is 0 Å². The fourth-order valence-electron chi connectivity index (χ4n) is 5.07. The van der Waals surface area contributed by atoms with Gasteiger partial charge in [-0.05, 0) is 75.0 Å². The summed E-state index contributed by atoms with van der Waals surface area (Å²) < 4.78 is 0. The largest absolute Gasteiger partial charge is 0.370 e. The van der Waals surface area contributed by atoms with E-state index in [1.807, 2.05) is 37.5 Å². The number of aromatic amines is 2. The van der Waals surface area contributed by atoms with Gasteiger partial charge < -0.3 is 15.2 Å². The second kappa shape index (κ2) is 11.5. The summed E-state index contributed by atoms with van der Waals surface area (Å²) in [5.74, 6) is 0. The number of unbranched alkanes of at least 4 members (excludes halogenated alkanes) is 1. The van der Waals surface area contributed by atoms with Crippen LogP contribution in [0.3, 0.4) is 0 Å². The van der Waals surface area contributed by atoms with Gasteiger partial charge in [0, 0.05) is 29.9 Å². The molecule has 0 aliphatic carbocycles. The van der Waals surface area contributed by atoms with Crippen molar-refractivity contribution in [2.75, 3.05) is 18.0 Å². The standard InChI is InChI=1S/C31H37N7/c1-5-8-12-21(4)33-23(7-3)17-22(6-2)25-13-14-26-30(35-25)31(37-36-26)27-18-24-28(34-27)19-32-20-29(24)38-15-10-9-11-16-38/h6-7,13-14,17-20,33-34H,3-5,8-12,15-16H2,1-2H3,(H,36,37)/b22-6+,23-17+. The molecule has 7 heteroatoms.